The maximum atomic E-state index is 12.1. The van der Waals surface area contributed by atoms with Crippen molar-refractivity contribution in [2.75, 3.05) is 26.7 Å². The summed E-state index contributed by atoms with van der Waals surface area (Å²) in [7, 11) is 1.58. The molecule has 2 aromatic rings. The molecule has 1 aromatic heterocycles. The highest BCUT2D eigenvalue weighted by molar-refractivity contribution is 6.35. The number of benzene rings is 1. The third kappa shape index (κ3) is 6.29. The molecule has 1 saturated heterocycles. The molecule has 0 aliphatic carbocycles. The highest BCUT2D eigenvalue weighted by Gasteiger charge is 2.21. The first kappa shape index (κ1) is 20.8. The number of hydrogen-bond donors (Lipinski definition) is 2. The van der Waals surface area contributed by atoms with Crippen LogP contribution in [-0.4, -0.2) is 48.4 Å². The third-order valence-electron chi connectivity index (χ3n) is 5.25. The van der Waals surface area contributed by atoms with Gasteiger partial charge in [-0.2, -0.15) is 0 Å². The van der Waals surface area contributed by atoms with Gasteiger partial charge in [-0.3, -0.25) is 19.5 Å². The smallest absolute Gasteiger partial charge is 0.309 e. The molecule has 0 radical (unpaired) electrons. The van der Waals surface area contributed by atoms with E-state index in [4.69, 9.17) is 4.74 Å². The van der Waals surface area contributed by atoms with Gasteiger partial charge in [-0.25, -0.2) is 0 Å². The fraction of sp³-hybridized carbons (Fsp3) is 0.409. The molecule has 1 aliphatic heterocycles. The molecule has 154 valence electrons. The lowest BCUT2D eigenvalue weighted by atomic mass is 9.96. The maximum Gasteiger partial charge on any atom is 0.309 e. The largest absolute Gasteiger partial charge is 0.496 e. The number of amides is 2. The van der Waals surface area contributed by atoms with Crippen LogP contribution in [0.5, 0.6) is 5.75 Å². The van der Waals surface area contributed by atoms with Crippen LogP contribution in [0.25, 0.3) is 0 Å². The summed E-state index contributed by atoms with van der Waals surface area (Å²) in [5, 5.41) is 5.42. The molecular weight excluding hydrogens is 368 g/mol. The fourth-order valence-electron chi connectivity index (χ4n) is 3.52. The van der Waals surface area contributed by atoms with E-state index in [0.717, 1.165) is 38.0 Å². The molecule has 0 atom stereocenters. The molecule has 2 N–H and O–H groups in total. The molecule has 1 aromatic carbocycles. The van der Waals surface area contributed by atoms with Crippen LogP contribution in [0.1, 0.15) is 24.0 Å². The summed E-state index contributed by atoms with van der Waals surface area (Å²) in [4.78, 5) is 30.6. The van der Waals surface area contributed by atoms with E-state index < -0.39 is 11.8 Å². The number of rotatable bonds is 7. The van der Waals surface area contributed by atoms with Gasteiger partial charge in [0.15, 0.2) is 0 Å². The lowest BCUT2D eigenvalue weighted by Crippen LogP contribution is -2.43. The highest BCUT2D eigenvalue weighted by Crippen LogP contribution is 2.18. The second kappa shape index (κ2) is 10.6. The summed E-state index contributed by atoms with van der Waals surface area (Å²) < 4.78 is 5.25. The number of pyridine rings is 1. The predicted molar refractivity (Wildman–Crippen MR) is 110 cm³/mol. The van der Waals surface area contributed by atoms with Crippen molar-refractivity contribution in [3.05, 3.63) is 59.9 Å². The number of nitrogens with zero attached hydrogens (tertiary/aromatic N) is 2. The molecule has 29 heavy (non-hydrogen) atoms. The zero-order chi connectivity index (χ0) is 20.5. The highest BCUT2D eigenvalue weighted by atomic mass is 16.5. The zero-order valence-electron chi connectivity index (χ0n) is 16.8. The van der Waals surface area contributed by atoms with Crippen molar-refractivity contribution in [3.8, 4) is 5.75 Å². The Labute approximate surface area is 171 Å². The zero-order valence-corrected chi connectivity index (χ0v) is 16.8. The number of aromatic nitrogens is 1. The van der Waals surface area contributed by atoms with Crippen LogP contribution in [0.15, 0.2) is 48.8 Å². The number of piperidine rings is 1. The van der Waals surface area contributed by atoms with Gasteiger partial charge >= 0.3 is 11.8 Å². The third-order valence-corrected chi connectivity index (χ3v) is 5.25. The number of carbonyl (C=O) groups is 2. The van der Waals surface area contributed by atoms with Crippen LogP contribution in [0.2, 0.25) is 0 Å². The number of ether oxygens (including phenoxy) is 1. The van der Waals surface area contributed by atoms with E-state index in [1.807, 2.05) is 48.8 Å². The van der Waals surface area contributed by atoms with Crippen LogP contribution < -0.4 is 15.4 Å². The van der Waals surface area contributed by atoms with Gasteiger partial charge in [0.1, 0.15) is 5.75 Å². The topological polar surface area (TPSA) is 83.6 Å². The molecule has 3 rings (SSSR count). The van der Waals surface area contributed by atoms with Crippen molar-refractivity contribution in [1.82, 2.24) is 20.5 Å². The molecule has 1 aliphatic rings. The van der Waals surface area contributed by atoms with Gasteiger partial charge in [-0.05, 0) is 55.6 Å². The van der Waals surface area contributed by atoms with E-state index in [0.29, 0.717) is 18.2 Å². The SMILES string of the molecule is COc1ccccc1CNC(=O)C(=O)NCC1CCN(Cc2ccncc2)CC1. The monoisotopic (exact) mass is 396 g/mol. The van der Waals surface area contributed by atoms with Crippen LogP contribution in [0.4, 0.5) is 0 Å². The first-order chi connectivity index (χ1) is 14.2. The van der Waals surface area contributed by atoms with Crippen LogP contribution in [0.3, 0.4) is 0 Å². The van der Waals surface area contributed by atoms with E-state index in [1.165, 1.54) is 5.56 Å². The number of nitrogens with one attached hydrogen (secondary N) is 2. The number of para-hydroxylation sites is 1. The molecule has 0 bridgehead atoms. The number of carbonyl (C=O) groups excluding carboxylic acids is 2. The lowest BCUT2D eigenvalue weighted by Gasteiger charge is -2.32. The quantitative estimate of drug-likeness (QED) is 0.697. The Bertz CT molecular complexity index is 805. The van der Waals surface area contributed by atoms with Gasteiger partial charge in [0.05, 0.1) is 7.11 Å². The summed E-state index contributed by atoms with van der Waals surface area (Å²) in [5.74, 6) is -0.119. The molecule has 0 saturated carbocycles. The number of methoxy groups -OCH3 is 1. The predicted octanol–water partition coefficient (Wildman–Crippen LogP) is 1.73. The van der Waals surface area contributed by atoms with E-state index in [-0.39, 0.29) is 6.54 Å². The Kier molecular flexibility index (Phi) is 7.58. The second-order valence-electron chi connectivity index (χ2n) is 7.28. The Balaban J connectivity index is 1.35. The Morgan fingerprint density at radius 3 is 2.48 bits per heavy atom. The molecule has 7 heteroatoms. The minimum Gasteiger partial charge on any atom is -0.496 e. The Morgan fingerprint density at radius 1 is 1.07 bits per heavy atom. The molecule has 0 unspecified atom stereocenters. The Morgan fingerprint density at radius 2 is 1.76 bits per heavy atom. The van der Waals surface area contributed by atoms with Crippen molar-refractivity contribution in [2.24, 2.45) is 5.92 Å². The van der Waals surface area contributed by atoms with Crippen molar-refractivity contribution in [1.29, 1.82) is 0 Å². The number of likely N-dealkylation sites (tertiary alicyclic amines) is 1. The average molecular weight is 396 g/mol. The summed E-state index contributed by atoms with van der Waals surface area (Å²) in [5.41, 5.74) is 2.09. The second-order valence-corrected chi connectivity index (χ2v) is 7.28. The van der Waals surface area contributed by atoms with Crippen molar-refractivity contribution < 1.29 is 14.3 Å². The Hall–Kier alpha value is -2.93. The molecule has 1 fully saturated rings. The first-order valence-corrected chi connectivity index (χ1v) is 9.95. The van der Waals surface area contributed by atoms with Gasteiger partial charge in [0.25, 0.3) is 0 Å². The van der Waals surface area contributed by atoms with Crippen LogP contribution in [0, 0.1) is 5.92 Å². The van der Waals surface area contributed by atoms with E-state index in [2.05, 4.69) is 20.5 Å². The van der Waals surface area contributed by atoms with Gasteiger partial charge in [0, 0.05) is 37.6 Å². The lowest BCUT2D eigenvalue weighted by molar-refractivity contribution is -0.139. The molecule has 2 heterocycles. The minimum atomic E-state index is -0.619. The van der Waals surface area contributed by atoms with Gasteiger partial charge in [-0.1, -0.05) is 18.2 Å². The van der Waals surface area contributed by atoms with Gasteiger partial charge in [-0.15, -0.1) is 0 Å². The van der Waals surface area contributed by atoms with Gasteiger partial charge in [0.2, 0.25) is 0 Å². The van der Waals surface area contributed by atoms with Crippen LogP contribution in [-0.2, 0) is 22.7 Å². The fourth-order valence-corrected chi connectivity index (χ4v) is 3.52. The van der Waals surface area contributed by atoms with E-state index in [1.54, 1.807) is 7.11 Å². The average Bonchev–Trinajstić information content (AvgIpc) is 2.77. The summed E-state index contributed by atoms with van der Waals surface area (Å²) in [6.45, 7) is 3.69. The summed E-state index contributed by atoms with van der Waals surface area (Å²) in [6.07, 6.45) is 5.65. The van der Waals surface area contributed by atoms with Crippen molar-refractivity contribution >= 4 is 11.8 Å². The number of hydrogen-bond acceptors (Lipinski definition) is 5. The first-order valence-electron chi connectivity index (χ1n) is 9.95. The van der Waals surface area contributed by atoms with Crippen LogP contribution >= 0.6 is 0 Å². The summed E-state index contributed by atoms with van der Waals surface area (Å²) >= 11 is 0. The van der Waals surface area contributed by atoms with E-state index in [9.17, 15) is 9.59 Å². The van der Waals surface area contributed by atoms with Gasteiger partial charge < -0.3 is 15.4 Å². The standard InChI is InChI=1S/C22H28N4O3/c1-29-20-5-3-2-4-19(20)15-25-22(28)21(27)24-14-17-8-12-26(13-9-17)16-18-6-10-23-11-7-18/h2-7,10-11,17H,8-9,12-16H2,1H3,(H,24,27)(H,25,28). The molecule has 7 nitrogen and oxygen atoms in total. The molecule has 2 amide bonds. The maximum absolute atomic E-state index is 12.1. The molecule has 0 spiro atoms. The minimum absolute atomic E-state index is 0.254. The van der Waals surface area contributed by atoms with Crippen molar-refractivity contribution in [3.63, 3.8) is 0 Å². The normalized spacial score (nSPS) is 14.9. The van der Waals surface area contributed by atoms with E-state index >= 15 is 0 Å². The van der Waals surface area contributed by atoms with Crippen molar-refractivity contribution in [2.45, 2.75) is 25.9 Å². The summed E-state index contributed by atoms with van der Waals surface area (Å²) in [6, 6.07) is 11.5. The molecular formula is C22H28N4O3.